The molecule has 0 aromatic heterocycles. The maximum Gasteiger partial charge on any atom is 0.260 e. The predicted octanol–water partition coefficient (Wildman–Crippen LogP) is 1.41. The first-order valence-electron chi connectivity index (χ1n) is 14.2. The second kappa shape index (κ2) is 11.1. The highest BCUT2D eigenvalue weighted by Gasteiger charge is 2.55. The van der Waals surface area contributed by atoms with Gasteiger partial charge in [0.25, 0.3) is 5.91 Å². The average molecular weight is 526 g/mol. The lowest BCUT2D eigenvalue weighted by atomic mass is 9.71. The summed E-state index contributed by atoms with van der Waals surface area (Å²) in [5.41, 5.74) is -1.17. The number of hydrogen-bond acceptors (Lipinski definition) is 6. The summed E-state index contributed by atoms with van der Waals surface area (Å²) in [6, 6.07) is 7.09. The Bertz CT molecular complexity index is 1050. The highest BCUT2D eigenvalue weighted by Crippen LogP contribution is 2.46. The van der Waals surface area contributed by atoms with Gasteiger partial charge in [-0.3, -0.25) is 19.2 Å². The van der Waals surface area contributed by atoms with Crippen LogP contribution in [-0.4, -0.2) is 69.9 Å². The summed E-state index contributed by atoms with van der Waals surface area (Å²) in [7, 11) is 0. The fourth-order valence-corrected chi connectivity index (χ4v) is 7.34. The molecule has 3 amide bonds. The molecule has 5 fully saturated rings. The first kappa shape index (κ1) is 26.8. The number of aliphatic hydroxyl groups excluding tert-OH is 1. The molecule has 4 N–H and O–H groups in total. The standard InChI is InChI=1S/C29H39N3O6/c33-17-24(34)23(16-19-14-15-30-26(19)35)31-27(36)25-18-10-12-22(13-11-18)32(25)28(37)29(38,21-8-4-5-9-21)20-6-2-1-3-7-20/h1-3,6-7,18-19,21-23,25,33,38H,4-5,8-17H2,(H,30,35)(H,31,36)/t18?,19-,22?,23-,25-,29-/m0/s1. The number of nitrogens with zero attached hydrogens (tertiary/aromatic N) is 1. The summed E-state index contributed by atoms with van der Waals surface area (Å²) >= 11 is 0. The van der Waals surface area contributed by atoms with Crippen molar-refractivity contribution < 1.29 is 29.4 Å². The molecular formula is C29H39N3O6. The molecule has 3 heterocycles. The van der Waals surface area contributed by atoms with Gasteiger partial charge in [0.15, 0.2) is 11.4 Å². The number of rotatable bonds is 9. The molecule has 206 valence electrons. The molecule has 9 heteroatoms. The molecular weight excluding hydrogens is 486 g/mol. The third-order valence-corrected chi connectivity index (χ3v) is 9.41. The van der Waals surface area contributed by atoms with Crippen LogP contribution in [0.3, 0.4) is 0 Å². The maximum atomic E-state index is 14.4. The van der Waals surface area contributed by atoms with Crippen molar-refractivity contribution in [2.75, 3.05) is 13.2 Å². The van der Waals surface area contributed by atoms with Crippen LogP contribution in [0.1, 0.15) is 69.8 Å². The normalized spacial score (nSPS) is 29.5. The quantitative estimate of drug-likeness (QED) is 0.385. The molecule has 0 radical (unpaired) electrons. The molecule has 9 nitrogen and oxygen atoms in total. The van der Waals surface area contributed by atoms with Crippen molar-refractivity contribution in [2.24, 2.45) is 17.8 Å². The van der Waals surface area contributed by atoms with Gasteiger partial charge in [-0.1, -0.05) is 43.2 Å². The number of nitrogens with one attached hydrogen (secondary N) is 2. The molecule has 0 spiro atoms. The Kier molecular flexibility index (Phi) is 7.86. The van der Waals surface area contributed by atoms with Crippen LogP contribution in [0.4, 0.5) is 0 Å². The summed E-state index contributed by atoms with van der Waals surface area (Å²) in [6.45, 7) is -0.223. The van der Waals surface area contributed by atoms with Gasteiger partial charge in [-0.05, 0) is 62.8 Å². The second-order valence-corrected chi connectivity index (χ2v) is 11.5. The minimum atomic E-state index is -1.73. The van der Waals surface area contributed by atoms with Crippen molar-refractivity contribution in [3.63, 3.8) is 0 Å². The van der Waals surface area contributed by atoms with E-state index in [9.17, 15) is 29.4 Å². The van der Waals surface area contributed by atoms with Gasteiger partial charge in [-0.15, -0.1) is 0 Å². The van der Waals surface area contributed by atoms with E-state index in [1.54, 1.807) is 17.0 Å². The van der Waals surface area contributed by atoms with Crippen molar-refractivity contribution >= 4 is 23.5 Å². The minimum Gasteiger partial charge on any atom is -0.389 e. The van der Waals surface area contributed by atoms with Crippen LogP contribution < -0.4 is 10.6 Å². The van der Waals surface area contributed by atoms with E-state index in [1.807, 2.05) is 18.2 Å². The first-order valence-corrected chi connectivity index (χ1v) is 14.2. The number of aliphatic hydroxyl groups is 2. The fraction of sp³-hybridized carbons (Fsp3) is 0.655. The third kappa shape index (κ3) is 4.86. The van der Waals surface area contributed by atoms with Gasteiger partial charge in [0, 0.05) is 24.4 Å². The van der Waals surface area contributed by atoms with E-state index < -0.39 is 47.8 Å². The number of benzene rings is 1. The van der Waals surface area contributed by atoms with Crippen molar-refractivity contribution in [1.29, 1.82) is 0 Å². The van der Waals surface area contributed by atoms with E-state index in [0.29, 0.717) is 18.5 Å². The predicted molar refractivity (Wildman–Crippen MR) is 138 cm³/mol. The van der Waals surface area contributed by atoms with Crippen LogP contribution >= 0.6 is 0 Å². The molecule has 4 atom stereocenters. The zero-order chi connectivity index (χ0) is 26.9. The number of carbonyl (C=O) groups excluding carboxylic acids is 4. The zero-order valence-electron chi connectivity index (χ0n) is 21.8. The Labute approximate surface area is 223 Å². The number of hydrogen-bond donors (Lipinski definition) is 4. The summed E-state index contributed by atoms with van der Waals surface area (Å²) in [6.07, 6.45) is 7.20. The van der Waals surface area contributed by atoms with E-state index in [2.05, 4.69) is 10.6 Å². The van der Waals surface area contributed by atoms with E-state index in [1.165, 1.54) is 0 Å². The lowest BCUT2D eigenvalue weighted by Crippen LogP contribution is -2.67. The van der Waals surface area contributed by atoms with Crippen LogP contribution in [0.5, 0.6) is 0 Å². The van der Waals surface area contributed by atoms with Crippen molar-refractivity contribution in [2.45, 2.75) is 87.9 Å². The van der Waals surface area contributed by atoms with Gasteiger partial charge in [-0.25, -0.2) is 0 Å². The number of piperidine rings is 2. The van der Waals surface area contributed by atoms with Crippen LogP contribution in [-0.2, 0) is 24.8 Å². The summed E-state index contributed by atoms with van der Waals surface area (Å²) < 4.78 is 0. The average Bonchev–Trinajstić information content (AvgIpc) is 3.64. The van der Waals surface area contributed by atoms with E-state index in [0.717, 1.165) is 51.4 Å². The number of fused-ring (bicyclic) bond motifs is 3. The Hall–Kier alpha value is -2.78. The highest BCUT2D eigenvalue weighted by atomic mass is 16.3. The van der Waals surface area contributed by atoms with Gasteiger partial charge in [0.2, 0.25) is 11.8 Å². The topological polar surface area (TPSA) is 136 Å². The van der Waals surface area contributed by atoms with E-state index in [-0.39, 0.29) is 30.2 Å². The largest absolute Gasteiger partial charge is 0.389 e. The lowest BCUT2D eigenvalue weighted by molar-refractivity contribution is -0.176. The lowest BCUT2D eigenvalue weighted by Gasteiger charge is -2.53. The summed E-state index contributed by atoms with van der Waals surface area (Å²) in [4.78, 5) is 54.7. The van der Waals surface area contributed by atoms with E-state index in [4.69, 9.17) is 0 Å². The Balaban J connectivity index is 1.44. The molecule has 38 heavy (non-hydrogen) atoms. The Morgan fingerprint density at radius 1 is 1.03 bits per heavy atom. The highest BCUT2D eigenvalue weighted by molar-refractivity contribution is 5.96. The molecule has 3 aliphatic heterocycles. The Morgan fingerprint density at radius 3 is 2.32 bits per heavy atom. The molecule has 2 aliphatic carbocycles. The monoisotopic (exact) mass is 525 g/mol. The smallest absolute Gasteiger partial charge is 0.260 e. The van der Waals surface area contributed by atoms with Gasteiger partial charge in [0.05, 0.1) is 6.04 Å². The molecule has 2 bridgehead atoms. The number of Topliss-reactive ketones (excluding diaryl/α,β-unsaturated/α-hetero) is 1. The molecule has 6 rings (SSSR count). The first-order chi connectivity index (χ1) is 18.3. The molecule has 1 aromatic carbocycles. The summed E-state index contributed by atoms with van der Waals surface area (Å²) in [5, 5.41) is 27.3. The van der Waals surface area contributed by atoms with Crippen LogP contribution in [0.15, 0.2) is 30.3 Å². The van der Waals surface area contributed by atoms with Gasteiger partial charge in [-0.2, -0.15) is 0 Å². The van der Waals surface area contributed by atoms with Crippen LogP contribution in [0.25, 0.3) is 0 Å². The summed E-state index contributed by atoms with van der Waals surface area (Å²) in [5.74, 6) is -2.30. The number of ketones is 1. The molecule has 3 saturated heterocycles. The van der Waals surface area contributed by atoms with Crippen molar-refractivity contribution in [3.8, 4) is 0 Å². The third-order valence-electron chi connectivity index (χ3n) is 9.41. The minimum absolute atomic E-state index is 0.0767. The molecule has 1 aromatic rings. The maximum absolute atomic E-state index is 14.4. The Morgan fingerprint density at radius 2 is 1.71 bits per heavy atom. The second-order valence-electron chi connectivity index (χ2n) is 11.5. The van der Waals surface area contributed by atoms with Crippen molar-refractivity contribution in [3.05, 3.63) is 35.9 Å². The van der Waals surface area contributed by atoms with Crippen LogP contribution in [0.2, 0.25) is 0 Å². The molecule has 2 saturated carbocycles. The van der Waals surface area contributed by atoms with Crippen molar-refractivity contribution in [1.82, 2.24) is 15.5 Å². The zero-order valence-corrected chi connectivity index (χ0v) is 21.8. The van der Waals surface area contributed by atoms with E-state index >= 15 is 0 Å². The molecule has 0 unspecified atom stereocenters. The van der Waals surface area contributed by atoms with Gasteiger partial charge in [0.1, 0.15) is 12.6 Å². The van der Waals surface area contributed by atoms with Gasteiger partial charge >= 0.3 is 0 Å². The fourth-order valence-electron chi connectivity index (χ4n) is 7.34. The SMILES string of the molecule is O=C1NCC[C@H]1C[C@H](NC(=O)[C@@H]1C2CCC(CC2)N1C(=O)[C@](O)(c1ccccc1)C1CCCC1)C(=O)CO. The van der Waals surface area contributed by atoms with Crippen LogP contribution in [0, 0.1) is 17.8 Å². The number of amides is 3. The molecule has 5 aliphatic rings. The van der Waals surface area contributed by atoms with Gasteiger partial charge < -0.3 is 25.7 Å². The number of carbonyl (C=O) groups is 4.